The Labute approximate surface area is 113 Å². The van der Waals surface area contributed by atoms with Crippen LogP contribution in [0.1, 0.15) is 24.8 Å². The van der Waals surface area contributed by atoms with Crippen LogP contribution < -0.4 is 11.1 Å². The van der Waals surface area contributed by atoms with Crippen molar-refractivity contribution >= 4 is 5.91 Å². The van der Waals surface area contributed by atoms with Crippen LogP contribution in [-0.2, 0) is 9.53 Å². The molecular weight excluding hydrogens is 240 g/mol. The molecule has 19 heavy (non-hydrogen) atoms. The molecule has 1 saturated carbocycles. The van der Waals surface area contributed by atoms with Crippen LogP contribution in [0.3, 0.4) is 0 Å². The second-order valence-electron chi connectivity index (χ2n) is 5.87. The van der Waals surface area contributed by atoms with Crippen molar-refractivity contribution < 1.29 is 9.53 Å². The monoisotopic (exact) mass is 260 g/mol. The first-order valence-corrected chi connectivity index (χ1v) is 6.80. The number of amides is 1. The number of carbonyl (C=O) groups is 1. The van der Waals surface area contributed by atoms with Crippen molar-refractivity contribution in [2.75, 3.05) is 13.2 Å². The van der Waals surface area contributed by atoms with Crippen LogP contribution in [-0.4, -0.2) is 31.2 Å². The number of hydrogen-bond acceptors (Lipinski definition) is 3. The second-order valence-corrected chi connectivity index (χ2v) is 5.87. The molecule has 1 aromatic carbocycles. The van der Waals surface area contributed by atoms with Crippen molar-refractivity contribution in [3.63, 3.8) is 0 Å². The first-order valence-electron chi connectivity index (χ1n) is 6.80. The molecule has 0 spiro atoms. The van der Waals surface area contributed by atoms with Crippen molar-refractivity contribution in [2.24, 2.45) is 11.1 Å². The Morgan fingerprint density at radius 1 is 1.42 bits per heavy atom. The Balaban J connectivity index is 1.61. The van der Waals surface area contributed by atoms with Crippen molar-refractivity contribution in [3.8, 4) is 0 Å². The molecule has 102 valence electrons. The van der Waals surface area contributed by atoms with Gasteiger partial charge < -0.3 is 15.8 Å². The van der Waals surface area contributed by atoms with Gasteiger partial charge in [0.15, 0.2) is 0 Å². The largest absolute Gasteiger partial charge is 0.379 e. The molecule has 0 bridgehead atoms. The molecule has 4 atom stereocenters. The number of benzene rings is 1. The number of nitrogens with two attached hydrogens (primary N) is 1. The molecule has 0 aromatic heterocycles. The SMILES string of the molecule is CC1(C(=O)NC2CC2c2ccccc2)COCC1N. The van der Waals surface area contributed by atoms with E-state index in [1.165, 1.54) is 5.56 Å². The summed E-state index contributed by atoms with van der Waals surface area (Å²) in [6.45, 7) is 2.78. The van der Waals surface area contributed by atoms with Gasteiger partial charge in [-0.3, -0.25) is 4.79 Å². The summed E-state index contributed by atoms with van der Waals surface area (Å²) < 4.78 is 5.32. The maximum atomic E-state index is 12.3. The van der Waals surface area contributed by atoms with Crippen molar-refractivity contribution in [2.45, 2.75) is 31.3 Å². The van der Waals surface area contributed by atoms with E-state index in [9.17, 15) is 4.79 Å². The fraction of sp³-hybridized carbons (Fsp3) is 0.533. The summed E-state index contributed by atoms with van der Waals surface area (Å²) in [4.78, 5) is 12.3. The summed E-state index contributed by atoms with van der Waals surface area (Å²) in [5.74, 6) is 0.480. The molecule has 1 aliphatic heterocycles. The quantitative estimate of drug-likeness (QED) is 0.853. The van der Waals surface area contributed by atoms with Crippen molar-refractivity contribution in [3.05, 3.63) is 35.9 Å². The van der Waals surface area contributed by atoms with Gasteiger partial charge in [0.1, 0.15) is 0 Å². The molecule has 4 unspecified atom stereocenters. The molecule has 3 rings (SSSR count). The van der Waals surface area contributed by atoms with Crippen LogP contribution in [0.2, 0.25) is 0 Å². The van der Waals surface area contributed by atoms with Gasteiger partial charge in [0.05, 0.1) is 18.6 Å². The summed E-state index contributed by atoms with van der Waals surface area (Å²) in [5.41, 5.74) is 6.69. The van der Waals surface area contributed by atoms with E-state index in [0.717, 1.165) is 6.42 Å². The lowest BCUT2D eigenvalue weighted by molar-refractivity contribution is -0.130. The maximum absolute atomic E-state index is 12.3. The molecular formula is C15H20N2O2. The smallest absolute Gasteiger partial charge is 0.230 e. The highest BCUT2D eigenvalue weighted by molar-refractivity contribution is 5.84. The van der Waals surface area contributed by atoms with Gasteiger partial charge in [-0.1, -0.05) is 30.3 Å². The molecule has 1 amide bonds. The molecule has 1 aliphatic carbocycles. The molecule has 2 fully saturated rings. The number of hydrogen-bond donors (Lipinski definition) is 2. The standard InChI is InChI=1S/C15H20N2O2/c1-15(9-19-8-13(15)16)14(18)17-12-7-11(12)10-5-3-2-4-6-10/h2-6,11-13H,7-9,16H2,1H3,(H,17,18). The minimum Gasteiger partial charge on any atom is -0.379 e. The van der Waals surface area contributed by atoms with Crippen LogP contribution in [0.4, 0.5) is 0 Å². The molecule has 4 heteroatoms. The lowest BCUT2D eigenvalue weighted by Crippen LogP contribution is -2.50. The molecule has 0 radical (unpaired) electrons. The molecule has 4 nitrogen and oxygen atoms in total. The fourth-order valence-corrected chi connectivity index (χ4v) is 2.68. The van der Waals surface area contributed by atoms with Gasteiger partial charge in [-0.25, -0.2) is 0 Å². The topological polar surface area (TPSA) is 64.3 Å². The van der Waals surface area contributed by atoms with E-state index in [-0.39, 0.29) is 18.0 Å². The average molecular weight is 260 g/mol. The molecule has 3 N–H and O–H groups in total. The third-order valence-electron chi connectivity index (χ3n) is 4.37. The lowest BCUT2D eigenvalue weighted by atomic mass is 9.85. The zero-order chi connectivity index (χ0) is 13.5. The highest BCUT2D eigenvalue weighted by atomic mass is 16.5. The second kappa shape index (κ2) is 4.62. The van der Waals surface area contributed by atoms with Crippen LogP contribution in [0, 0.1) is 5.41 Å². The summed E-state index contributed by atoms with van der Waals surface area (Å²) in [7, 11) is 0. The van der Waals surface area contributed by atoms with E-state index in [1.807, 2.05) is 25.1 Å². The summed E-state index contributed by atoms with van der Waals surface area (Å²) in [6, 6.07) is 10.4. The first kappa shape index (κ1) is 12.6. The predicted molar refractivity (Wildman–Crippen MR) is 72.6 cm³/mol. The maximum Gasteiger partial charge on any atom is 0.230 e. The molecule has 1 saturated heterocycles. The molecule has 1 heterocycles. The van der Waals surface area contributed by atoms with E-state index < -0.39 is 5.41 Å². The highest BCUT2D eigenvalue weighted by Gasteiger charge is 2.48. The molecule has 2 aliphatic rings. The Hall–Kier alpha value is -1.39. The lowest BCUT2D eigenvalue weighted by Gasteiger charge is -2.25. The summed E-state index contributed by atoms with van der Waals surface area (Å²) in [5, 5.41) is 3.12. The van der Waals surface area contributed by atoms with E-state index in [1.54, 1.807) is 0 Å². The van der Waals surface area contributed by atoms with Gasteiger partial charge >= 0.3 is 0 Å². The number of carbonyl (C=O) groups excluding carboxylic acids is 1. The Kier molecular flexibility index (Phi) is 3.07. The van der Waals surface area contributed by atoms with Crippen molar-refractivity contribution in [1.29, 1.82) is 0 Å². The fourth-order valence-electron chi connectivity index (χ4n) is 2.68. The minimum atomic E-state index is -0.580. The Morgan fingerprint density at radius 2 is 2.16 bits per heavy atom. The zero-order valence-electron chi connectivity index (χ0n) is 11.1. The van der Waals surface area contributed by atoms with Gasteiger partial charge in [-0.15, -0.1) is 0 Å². The van der Waals surface area contributed by atoms with Crippen LogP contribution in [0.15, 0.2) is 30.3 Å². The summed E-state index contributed by atoms with van der Waals surface area (Å²) in [6.07, 6.45) is 1.02. The van der Waals surface area contributed by atoms with Gasteiger partial charge in [0.2, 0.25) is 5.91 Å². The van der Waals surface area contributed by atoms with Gasteiger partial charge in [-0.2, -0.15) is 0 Å². The van der Waals surface area contributed by atoms with Gasteiger partial charge in [0, 0.05) is 18.0 Å². The van der Waals surface area contributed by atoms with Gasteiger partial charge in [-0.05, 0) is 18.9 Å². The third-order valence-corrected chi connectivity index (χ3v) is 4.37. The van der Waals surface area contributed by atoms with E-state index >= 15 is 0 Å². The van der Waals surface area contributed by atoms with E-state index in [0.29, 0.717) is 19.1 Å². The highest BCUT2D eigenvalue weighted by Crippen LogP contribution is 2.41. The average Bonchev–Trinajstić information content (AvgIpc) is 3.10. The third kappa shape index (κ3) is 2.26. The number of rotatable bonds is 3. The zero-order valence-corrected chi connectivity index (χ0v) is 11.1. The Bertz CT molecular complexity index is 476. The van der Waals surface area contributed by atoms with E-state index in [2.05, 4.69) is 17.4 Å². The number of ether oxygens (including phenoxy) is 1. The first-order chi connectivity index (χ1) is 9.11. The van der Waals surface area contributed by atoms with Crippen molar-refractivity contribution in [1.82, 2.24) is 5.32 Å². The van der Waals surface area contributed by atoms with Crippen LogP contribution >= 0.6 is 0 Å². The van der Waals surface area contributed by atoms with Crippen LogP contribution in [0.25, 0.3) is 0 Å². The minimum absolute atomic E-state index is 0.0286. The predicted octanol–water partition coefficient (Wildman–Crippen LogP) is 1.02. The van der Waals surface area contributed by atoms with Crippen LogP contribution in [0.5, 0.6) is 0 Å². The summed E-state index contributed by atoms with van der Waals surface area (Å²) >= 11 is 0. The van der Waals surface area contributed by atoms with Gasteiger partial charge in [0.25, 0.3) is 0 Å². The Morgan fingerprint density at radius 3 is 2.79 bits per heavy atom. The molecule has 1 aromatic rings. The number of nitrogens with one attached hydrogen (secondary N) is 1. The van der Waals surface area contributed by atoms with E-state index in [4.69, 9.17) is 10.5 Å². The normalized spacial score (nSPS) is 37.1.